The van der Waals surface area contributed by atoms with Crippen LogP contribution in [0.4, 0.5) is 0 Å². The lowest BCUT2D eigenvalue weighted by molar-refractivity contribution is -0.127. The van der Waals surface area contributed by atoms with Gasteiger partial charge >= 0.3 is 0 Å². The van der Waals surface area contributed by atoms with Crippen molar-refractivity contribution in [3.63, 3.8) is 0 Å². The van der Waals surface area contributed by atoms with Crippen LogP contribution in [-0.2, 0) is 14.9 Å². The quantitative estimate of drug-likeness (QED) is 0.834. The summed E-state index contributed by atoms with van der Waals surface area (Å²) in [6, 6.07) is 10.2. The van der Waals surface area contributed by atoms with Crippen molar-refractivity contribution in [1.82, 2.24) is 15.5 Å². The van der Waals surface area contributed by atoms with Gasteiger partial charge in [-0.3, -0.25) is 9.69 Å². The topological polar surface area (TPSA) is 53.6 Å². The molecule has 2 fully saturated rings. The van der Waals surface area contributed by atoms with Crippen LogP contribution in [0, 0.1) is 0 Å². The van der Waals surface area contributed by atoms with Gasteiger partial charge in [0.15, 0.2) is 0 Å². The van der Waals surface area contributed by atoms with Crippen LogP contribution in [0.3, 0.4) is 0 Å². The van der Waals surface area contributed by atoms with E-state index >= 15 is 0 Å². The highest BCUT2D eigenvalue weighted by molar-refractivity contribution is 5.88. The highest BCUT2D eigenvalue weighted by Gasteiger charge is 2.40. The van der Waals surface area contributed by atoms with E-state index in [2.05, 4.69) is 27.7 Å². The molecular formula is C18H28ClN3O2. The Morgan fingerprint density at radius 2 is 1.83 bits per heavy atom. The first-order valence-corrected chi connectivity index (χ1v) is 8.66. The van der Waals surface area contributed by atoms with Gasteiger partial charge in [0, 0.05) is 26.2 Å². The molecule has 2 saturated heterocycles. The lowest BCUT2D eigenvalue weighted by atomic mass is 9.72. The van der Waals surface area contributed by atoms with Crippen LogP contribution in [0.5, 0.6) is 0 Å². The van der Waals surface area contributed by atoms with Crippen LogP contribution in [-0.4, -0.2) is 63.3 Å². The largest absolute Gasteiger partial charge is 0.379 e. The fourth-order valence-corrected chi connectivity index (χ4v) is 3.58. The molecule has 1 amide bonds. The highest BCUT2D eigenvalue weighted by atomic mass is 35.5. The Morgan fingerprint density at radius 3 is 2.50 bits per heavy atom. The normalized spacial score (nSPS) is 20.8. The smallest absolute Gasteiger partial charge is 0.230 e. The number of carbonyl (C=O) groups excluding carboxylic acids is 1. The number of nitrogens with zero attached hydrogens (tertiary/aromatic N) is 1. The van der Waals surface area contributed by atoms with Gasteiger partial charge in [-0.1, -0.05) is 30.3 Å². The number of amides is 1. The molecule has 0 aromatic heterocycles. The van der Waals surface area contributed by atoms with Gasteiger partial charge in [-0.05, 0) is 31.5 Å². The molecule has 0 radical (unpaired) electrons. The third-order valence-corrected chi connectivity index (χ3v) is 5.04. The maximum absolute atomic E-state index is 13.0. The first kappa shape index (κ1) is 19.2. The third kappa shape index (κ3) is 4.48. The average Bonchev–Trinajstić information content (AvgIpc) is 2.64. The summed E-state index contributed by atoms with van der Waals surface area (Å²) in [5, 5.41) is 6.56. The van der Waals surface area contributed by atoms with Crippen molar-refractivity contribution in [3.8, 4) is 0 Å². The zero-order valence-electron chi connectivity index (χ0n) is 14.1. The number of piperidine rings is 1. The van der Waals surface area contributed by atoms with Gasteiger partial charge < -0.3 is 15.4 Å². The maximum Gasteiger partial charge on any atom is 0.230 e. The Kier molecular flexibility index (Phi) is 7.49. The van der Waals surface area contributed by atoms with Crippen LogP contribution >= 0.6 is 12.4 Å². The minimum Gasteiger partial charge on any atom is -0.379 e. The van der Waals surface area contributed by atoms with Gasteiger partial charge in [-0.2, -0.15) is 0 Å². The van der Waals surface area contributed by atoms with Crippen LogP contribution < -0.4 is 10.6 Å². The second-order valence-electron chi connectivity index (χ2n) is 6.41. The summed E-state index contributed by atoms with van der Waals surface area (Å²) >= 11 is 0. The summed E-state index contributed by atoms with van der Waals surface area (Å²) in [7, 11) is 0. The number of rotatable bonds is 5. The van der Waals surface area contributed by atoms with E-state index in [1.54, 1.807) is 0 Å². The Bertz CT molecular complexity index is 500. The van der Waals surface area contributed by atoms with E-state index in [1.165, 1.54) is 0 Å². The first-order chi connectivity index (χ1) is 11.3. The number of ether oxygens (including phenoxy) is 1. The van der Waals surface area contributed by atoms with Crippen LogP contribution in [0.1, 0.15) is 18.4 Å². The van der Waals surface area contributed by atoms with E-state index in [1.807, 2.05) is 18.2 Å². The van der Waals surface area contributed by atoms with Crippen LogP contribution in [0.2, 0.25) is 0 Å². The van der Waals surface area contributed by atoms with E-state index < -0.39 is 0 Å². The summed E-state index contributed by atoms with van der Waals surface area (Å²) in [6.45, 7) is 6.92. The van der Waals surface area contributed by atoms with Crippen molar-refractivity contribution < 1.29 is 9.53 Å². The van der Waals surface area contributed by atoms with Gasteiger partial charge in [0.05, 0.1) is 18.6 Å². The van der Waals surface area contributed by atoms with Gasteiger partial charge in [0.2, 0.25) is 5.91 Å². The van der Waals surface area contributed by atoms with Crippen LogP contribution in [0.15, 0.2) is 30.3 Å². The van der Waals surface area contributed by atoms with Gasteiger partial charge in [-0.25, -0.2) is 0 Å². The summed E-state index contributed by atoms with van der Waals surface area (Å²) in [5.41, 5.74) is 0.766. The third-order valence-electron chi connectivity index (χ3n) is 5.04. The lowest BCUT2D eigenvalue weighted by Gasteiger charge is -2.37. The number of nitrogens with one attached hydrogen (secondary N) is 2. The van der Waals surface area contributed by atoms with Gasteiger partial charge in [0.1, 0.15) is 0 Å². The van der Waals surface area contributed by atoms with Crippen molar-refractivity contribution in [2.45, 2.75) is 18.3 Å². The van der Waals surface area contributed by atoms with E-state index in [0.29, 0.717) is 6.54 Å². The van der Waals surface area contributed by atoms with Crippen molar-refractivity contribution in [1.29, 1.82) is 0 Å². The standard InChI is InChI=1S/C18H27N3O2.ClH/c22-17(20-10-11-21-12-14-23-15-13-21)18(6-8-19-9-7-18)16-4-2-1-3-5-16;/h1-5,19H,6-15H2,(H,20,22);1H. The molecule has 0 aliphatic carbocycles. The fourth-order valence-electron chi connectivity index (χ4n) is 3.58. The van der Waals surface area contributed by atoms with Crippen molar-refractivity contribution >= 4 is 18.3 Å². The van der Waals surface area contributed by atoms with E-state index in [4.69, 9.17) is 4.74 Å². The molecule has 3 rings (SSSR count). The summed E-state index contributed by atoms with van der Waals surface area (Å²) in [4.78, 5) is 15.3. The lowest BCUT2D eigenvalue weighted by Crippen LogP contribution is -2.52. The number of halogens is 1. The molecule has 1 aromatic carbocycles. The zero-order valence-corrected chi connectivity index (χ0v) is 14.9. The van der Waals surface area contributed by atoms with E-state index in [0.717, 1.165) is 64.3 Å². The van der Waals surface area contributed by atoms with Crippen molar-refractivity contribution in [3.05, 3.63) is 35.9 Å². The Labute approximate surface area is 150 Å². The Hall–Kier alpha value is -1.14. The molecule has 2 heterocycles. The SMILES string of the molecule is Cl.O=C(NCCN1CCOCC1)C1(c2ccccc2)CCNCC1. The molecule has 0 unspecified atom stereocenters. The molecule has 6 heteroatoms. The molecule has 24 heavy (non-hydrogen) atoms. The number of hydrogen-bond donors (Lipinski definition) is 2. The van der Waals surface area contributed by atoms with E-state index in [9.17, 15) is 4.79 Å². The number of morpholine rings is 1. The van der Waals surface area contributed by atoms with Gasteiger partial charge in [0.25, 0.3) is 0 Å². The summed E-state index contributed by atoms with van der Waals surface area (Å²) in [6.07, 6.45) is 1.72. The van der Waals surface area contributed by atoms with Crippen LogP contribution in [0.25, 0.3) is 0 Å². The minimum absolute atomic E-state index is 0. The molecule has 1 aromatic rings. The van der Waals surface area contributed by atoms with Crippen molar-refractivity contribution in [2.75, 3.05) is 52.5 Å². The molecule has 2 aliphatic rings. The second-order valence-corrected chi connectivity index (χ2v) is 6.41. The number of carbonyl (C=O) groups is 1. The first-order valence-electron chi connectivity index (χ1n) is 8.66. The fraction of sp³-hybridized carbons (Fsp3) is 0.611. The summed E-state index contributed by atoms with van der Waals surface area (Å²) < 4.78 is 5.36. The Balaban J connectivity index is 0.00000208. The monoisotopic (exact) mass is 353 g/mol. The van der Waals surface area contributed by atoms with Crippen molar-refractivity contribution in [2.24, 2.45) is 0 Å². The zero-order chi connectivity index (χ0) is 16.0. The number of benzene rings is 1. The molecule has 5 nitrogen and oxygen atoms in total. The predicted molar refractivity (Wildman–Crippen MR) is 97.7 cm³/mol. The maximum atomic E-state index is 13.0. The molecule has 134 valence electrons. The highest BCUT2D eigenvalue weighted by Crippen LogP contribution is 2.33. The summed E-state index contributed by atoms with van der Waals surface area (Å²) in [5.74, 6) is 0.179. The molecule has 0 bridgehead atoms. The average molecular weight is 354 g/mol. The molecule has 0 atom stereocenters. The Morgan fingerprint density at radius 1 is 1.17 bits per heavy atom. The molecule has 0 spiro atoms. The van der Waals surface area contributed by atoms with Gasteiger partial charge in [-0.15, -0.1) is 12.4 Å². The number of hydrogen-bond acceptors (Lipinski definition) is 4. The van der Waals surface area contributed by atoms with E-state index in [-0.39, 0.29) is 23.7 Å². The molecule has 2 N–H and O–H groups in total. The molecular weight excluding hydrogens is 326 g/mol. The predicted octanol–water partition coefficient (Wildman–Crippen LogP) is 1.18. The molecule has 0 saturated carbocycles. The second kappa shape index (κ2) is 9.37. The molecule has 2 aliphatic heterocycles. The minimum atomic E-state index is -0.377.